The predicted octanol–water partition coefficient (Wildman–Crippen LogP) is 8.74. The first-order chi connectivity index (χ1) is 17.1. The number of aryl methyl sites for hydroxylation is 1. The number of aliphatic hydroxyl groups is 1. The van der Waals surface area contributed by atoms with Crippen molar-refractivity contribution in [2.45, 2.75) is 71.1 Å². The van der Waals surface area contributed by atoms with Crippen LogP contribution in [0.5, 0.6) is 5.75 Å². The Bertz CT molecular complexity index is 1010. The van der Waals surface area contributed by atoms with Gasteiger partial charge in [0.15, 0.2) is 11.6 Å². The summed E-state index contributed by atoms with van der Waals surface area (Å²) < 4.78 is 35.8. The van der Waals surface area contributed by atoms with Crippen LogP contribution >= 0.6 is 0 Å². The minimum Gasteiger partial charge on any atom is -0.494 e. The summed E-state index contributed by atoms with van der Waals surface area (Å²) >= 11 is 0. The highest BCUT2D eigenvalue weighted by Crippen LogP contribution is 2.32. The molecule has 188 valence electrons. The molecule has 4 heteroatoms. The Labute approximate surface area is 209 Å². The molecule has 0 spiro atoms. The number of unbranched alkanes of at least 4 members (excludes halogenated alkanes) is 7. The van der Waals surface area contributed by atoms with Crippen LogP contribution in [-0.2, 0) is 6.42 Å². The molecule has 2 nitrogen and oxygen atoms in total. The van der Waals surface area contributed by atoms with Crippen molar-refractivity contribution in [1.29, 1.82) is 0 Å². The number of ether oxygens (including phenoxy) is 1. The van der Waals surface area contributed by atoms with Gasteiger partial charge in [-0.1, -0.05) is 94.0 Å². The lowest BCUT2D eigenvalue weighted by Crippen LogP contribution is -1.98. The average Bonchev–Trinajstić information content (AvgIpc) is 2.89. The summed E-state index contributed by atoms with van der Waals surface area (Å²) in [7, 11) is 0. The zero-order valence-corrected chi connectivity index (χ0v) is 20.9. The summed E-state index contributed by atoms with van der Waals surface area (Å²) in [6, 6.07) is 18.2. The van der Waals surface area contributed by atoms with Crippen LogP contribution < -0.4 is 4.74 Å². The second-order valence-electron chi connectivity index (χ2n) is 9.16. The predicted molar refractivity (Wildman–Crippen MR) is 141 cm³/mol. The van der Waals surface area contributed by atoms with Crippen molar-refractivity contribution in [3.05, 3.63) is 77.9 Å². The van der Waals surface area contributed by atoms with Gasteiger partial charge in [0.05, 0.1) is 6.61 Å². The number of halogens is 2. The molecule has 0 saturated heterocycles. The number of hydrogen-bond acceptors (Lipinski definition) is 2. The summed E-state index contributed by atoms with van der Waals surface area (Å²) in [4.78, 5) is 0. The third-order valence-electron chi connectivity index (χ3n) is 6.40. The SMILES string of the molecule is CCCCCCc1ccc(-c2ccc(-c3ccc(OCCCCCCCO)cc3)c(F)c2F)cc1. The van der Waals surface area contributed by atoms with Crippen LogP contribution in [0.1, 0.15) is 70.3 Å². The molecular weight excluding hydrogens is 442 g/mol. The van der Waals surface area contributed by atoms with Gasteiger partial charge in [0.2, 0.25) is 0 Å². The van der Waals surface area contributed by atoms with Crippen LogP contribution in [0.15, 0.2) is 60.7 Å². The Morgan fingerprint density at radius 1 is 0.629 bits per heavy atom. The lowest BCUT2D eigenvalue weighted by molar-refractivity contribution is 0.278. The van der Waals surface area contributed by atoms with Crippen LogP contribution in [0.2, 0.25) is 0 Å². The van der Waals surface area contributed by atoms with E-state index in [-0.39, 0.29) is 17.7 Å². The largest absolute Gasteiger partial charge is 0.494 e. The molecule has 0 aromatic heterocycles. The number of benzene rings is 3. The average molecular weight is 481 g/mol. The van der Waals surface area contributed by atoms with Gasteiger partial charge in [0.1, 0.15) is 5.75 Å². The van der Waals surface area contributed by atoms with Gasteiger partial charge in [0, 0.05) is 17.7 Å². The molecule has 0 unspecified atom stereocenters. The van der Waals surface area contributed by atoms with E-state index in [1.165, 1.54) is 24.8 Å². The van der Waals surface area contributed by atoms with E-state index in [1.54, 1.807) is 36.4 Å². The van der Waals surface area contributed by atoms with Crippen LogP contribution in [0, 0.1) is 11.6 Å². The minimum absolute atomic E-state index is 0.245. The van der Waals surface area contributed by atoms with E-state index in [9.17, 15) is 0 Å². The fourth-order valence-electron chi connectivity index (χ4n) is 4.27. The van der Waals surface area contributed by atoms with Crippen LogP contribution in [0.3, 0.4) is 0 Å². The fraction of sp³-hybridized carbons (Fsp3) is 0.419. The molecule has 35 heavy (non-hydrogen) atoms. The maximum atomic E-state index is 15.0. The monoisotopic (exact) mass is 480 g/mol. The molecule has 0 radical (unpaired) electrons. The zero-order valence-electron chi connectivity index (χ0n) is 20.9. The van der Waals surface area contributed by atoms with Crippen molar-refractivity contribution in [2.24, 2.45) is 0 Å². The highest BCUT2D eigenvalue weighted by Gasteiger charge is 2.16. The first kappa shape index (κ1) is 26.9. The second-order valence-corrected chi connectivity index (χ2v) is 9.16. The molecule has 3 rings (SSSR count). The van der Waals surface area contributed by atoms with Gasteiger partial charge in [-0.15, -0.1) is 0 Å². The van der Waals surface area contributed by atoms with E-state index in [0.29, 0.717) is 17.7 Å². The smallest absolute Gasteiger partial charge is 0.167 e. The van der Waals surface area contributed by atoms with E-state index in [4.69, 9.17) is 9.84 Å². The van der Waals surface area contributed by atoms with E-state index >= 15 is 8.78 Å². The first-order valence-corrected chi connectivity index (χ1v) is 13.1. The van der Waals surface area contributed by atoms with Crippen molar-refractivity contribution in [3.8, 4) is 28.0 Å². The van der Waals surface area contributed by atoms with Gasteiger partial charge in [-0.25, -0.2) is 8.78 Å². The number of rotatable bonds is 15. The van der Waals surface area contributed by atoms with Gasteiger partial charge < -0.3 is 9.84 Å². The van der Waals surface area contributed by atoms with E-state index < -0.39 is 11.6 Å². The Balaban J connectivity index is 1.59. The summed E-state index contributed by atoms with van der Waals surface area (Å²) in [6.45, 7) is 3.07. The Hall–Kier alpha value is -2.72. The molecule has 0 amide bonds. The summed E-state index contributed by atoms with van der Waals surface area (Å²) in [5.74, 6) is -0.932. The number of hydrogen-bond donors (Lipinski definition) is 1. The maximum absolute atomic E-state index is 15.0. The number of aliphatic hydroxyl groups excluding tert-OH is 1. The molecule has 3 aromatic rings. The fourth-order valence-corrected chi connectivity index (χ4v) is 4.27. The molecule has 0 heterocycles. The lowest BCUT2D eigenvalue weighted by atomic mass is 9.97. The van der Waals surface area contributed by atoms with E-state index in [2.05, 4.69) is 6.92 Å². The van der Waals surface area contributed by atoms with Gasteiger partial charge in [-0.05, 0) is 54.5 Å². The Morgan fingerprint density at radius 2 is 1.17 bits per heavy atom. The molecule has 0 aliphatic carbocycles. The molecule has 0 aliphatic heterocycles. The Kier molecular flexibility index (Phi) is 11.2. The van der Waals surface area contributed by atoms with E-state index in [1.807, 2.05) is 24.3 Å². The second kappa shape index (κ2) is 14.6. The summed E-state index contributed by atoms with van der Waals surface area (Å²) in [5.41, 5.74) is 3.06. The highest BCUT2D eigenvalue weighted by molar-refractivity contribution is 5.72. The van der Waals surface area contributed by atoms with Gasteiger partial charge >= 0.3 is 0 Å². The van der Waals surface area contributed by atoms with Gasteiger partial charge in [0.25, 0.3) is 0 Å². The van der Waals surface area contributed by atoms with E-state index in [0.717, 1.165) is 50.7 Å². The van der Waals surface area contributed by atoms with Gasteiger partial charge in [-0.2, -0.15) is 0 Å². The standard InChI is InChI=1S/C31H38F2O2/c1-2-3-4-8-11-24-12-14-25(15-13-24)28-20-21-29(31(33)30(28)32)26-16-18-27(19-17-26)35-23-10-7-5-6-9-22-34/h12-21,34H,2-11,22-23H2,1H3. The van der Waals surface area contributed by atoms with Gasteiger partial charge in [-0.3, -0.25) is 0 Å². The van der Waals surface area contributed by atoms with Crippen molar-refractivity contribution >= 4 is 0 Å². The van der Waals surface area contributed by atoms with Crippen molar-refractivity contribution < 1.29 is 18.6 Å². The molecule has 0 fully saturated rings. The van der Waals surface area contributed by atoms with Crippen LogP contribution in [-0.4, -0.2) is 18.3 Å². The summed E-state index contributed by atoms with van der Waals surface area (Å²) in [5, 5.41) is 8.80. The molecule has 1 N–H and O–H groups in total. The van der Waals surface area contributed by atoms with Crippen LogP contribution in [0.4, 0.5) is 8.78 Å². The normalized spacial score (nSPS) is 11.1. The quantitative estimate of drug-likeness (QED) is 0.220. The molecule has 0 saturated carbocycles. The van der Waals surface area contributed by atoms with Crippen molar-refractivity contribution in [3.63, 3.8) is 0 Å². The topological polar surface area (TPSA) is 29.5 Å². The third-order valence-corrected chi connectivity index (χ3v) is 6.40. The highest BCUT2D eigenvalue weighted by atomic mass is 19.2. The van der Waals surface area contributed by atoms with Crippen LogP contribution in [0.25, 0.3) is 22.3 Å². The van der Waals surface area contributed by atoms with Crippen molar-refractivity contribution in [1.82, 2.24) is 0 Å². The Morgan fingerprint density at radius 3 is 1.77 bits per heavy atom. The molecule has 0 aliphatic rings. The third kappa shape index (κ3) is 8.17. The molecular formula is C31H38F2O2. The maximum Gasteiger partial charge on any atom is 0.167 e. The molecule has 0 bridgehead atoms. The van der Waals surface area contributed by atoms with Crippen molar-refractivity contribution in [2.75, 3.05) is 13.2 Å². The molecule has 0 atom stereocenters. The summed E-state index contributed by atoms with van der Waals surface area (Å²) in [6.07, 6.45) is 10.8. The lowest BCUT2D eigenvalue weighted by Gasteiger charge is -2.11. The minimum atomic E-state index is -0.831. The zero-order chi connectivity index (χ0) is 24.9. The molecule has 3 aromatic carbocycles. The first-order valence-electron chi connectivity index (χ1n) is 13.1.